The summed E-state index contributed by atoms with van der Waals surface area (Å²) in [5, 5.41) is 0.997. The summed E-state index contributed by atoms with van der Waals surface area (Å²) in [6.07, 6.45) is 4.01. The van der Waals surface area contributed by atoms with Crippen molar-refractivity contribution < 1.29 is 9.53 Å². The average molecular weight is 634 g/mol. The molecule has 0 saturated carbocycles. The third-order valence-electron chi connectivity index (χ3n) is 6.91. The van der Waals surface area contributed by atoms with Crippen LogP contribution in [0.2, 0.25) is 10.0 Å². The molecule has 182 valence electrons. The average Bonchev–Trinajstić information content (AvgIpc) is 2.90. The molecule has 3 aliphatic heterocycles. The van der Waals surface area contributed by atoms with Gasteiger partial charge in [0.25, 0.3) is 0 Å². The monoisotopic (exact) mass is 631 g/mol. The Bertz CT molecular complexity index is 1090. The van der Waals surface area contributed by atoms with Crippen LogP contribution in [0.15, 0.2) is 21.3 Å². The van der Waals surface area contributed by atoms with Crippen LogP contribution < -0.4 is 9.80 Å². The van der Waals surface area contributed by atoms with Gasteiger partial charge in [0.15, 0.2) is 0 Å². The van der Waals surface area contributed by atoms with Gasteiger partial charge in [-0.1, -0.05) is 23.2 Å². The van der Waals surface area contributed by atoms with E-state index in [9.17, 15) is 4.79 Å². The minimum Gasteiger partial charge on any atom is -0.378 e. The number of nitrogens with zero attached hydrogens (tertiary/aromatic N) is 5. The van der Waals surface area contributed by atoms with Crippen molar-refractivity contribution in [2.45, 2.75) is 25.8 Å². The second kappa shape index (κ2) is 10.5. The molecular formula is C23H25Br2Cl2N5O2. The lowest BCUT2D eigenvalue weighted by atomic mass is 9.93. The summed E-state index contributed by atoms with van der Waals surface area (Å²) in [7, 11) is 0. The summed E-state index contributed by atoms with van der Waals surface area (Å²) in [6, 6.07) is 2.05. The second-order valence-electron chi connectivity index (χ2n) is 8.82. The Kier molecular flexibility index (Phi) is 7.56. The molecule has 1 aromatic carbocycles. The van der Waals surface area contributed by atoms with Gasteiger partial charge in [-0.15, -0.1) is 0 Å². The van der Waals surface area contributed by atoms with Gasteiger partial charge in [-0.05, 0) is 62.2 Å². The molecule has 2 aromatic rings. The van der Waals surface area contributed by atoms with Crippen molar-refractivity contribution in [3.05, 3.63) is 42.5 Å². The van der Waals surface area contributed by atoms with Crippen LogP contribution in [0.3, 0.4) is 0 Å². The number of hydrogen-bond acceptors (Lipinski definition) is 6. The van der Waals surface area contributed by atoms with Crippen molar-refractivity contribution >= 4 is 72.6 Å². The number of carbonyl (C=O) groups is 1. The van der Waals surface area contributed by atoms with E-state index in [0.717, 1.165) is 90.4 Å². The summed E-state index contributed by atoms with van der Waals surface area (Å²) >= 11 is 19.9. The first-order valence-electron chi connectivity index (χ1n) is 11.5. The molecule has 2 saturated heterocycles. The lowest BCUT2D eigenvalue weighted by Gasteiger charge is -2.37. The van der Waals surface area contributed by atoms with Crippen molar-refractivity contribution in [2.24, 2.45) is 5.92 Å². The van der Waals surface area contributed by atoms with Crippen LogP contribution in [0.5, 0.6) is 0 Å². The Morgan fingerprint density at radius 2 is 1.50 bits per heavy atom. The smallest absolute Gasteiger partial charge is 0.226 e. The van der Waals surface area contributed by atoms with E-state index in [1.165, 1.54) is 0 Å². The Labute approximate surface area is 226 Å². The Morgan fingerprint density at radius 3 is 2.15 bits per heavy atom. The van der Waals surface area contributed by atoms with Crippen LogP contribution in [0.25, 0.3) is 0 Å². The lowest BCUT2D eigenvalue weighted by Crippen LogP contribution is -2.44. The molecule has 7 nitrogen and oxygen atoms in total. The first-order chi connectivity index (χ1) is 16.4. The third kappa shape index (κ3) is 4.78. The fraction of sp³-hybridized carbons (Fsp3) is 0.522. The van der Waals surface area contributed by atoms with E-state index in [1.54, 1.807) is 6.33 Å². The van der Waals surface area contributed by atoms with Gasteiger partial charge in [0.2, 0.25) is 5.91 Å². The molecule has 3 aliphatic rings. The zero-order chi connectivity index (χ0) is 23.8. The van der Waals surface area contributed by atoms with E-state index in [2.05, 4.69) is 57.7 Å². The maximum atomic E-state index is 13.4. The predicted octanol–water partition coefficient (Wildman–Crippen LogP) is 4.95. The number of morpholine rings is 1. The number of fused-ring (bicyclic) bond motifs is 1. The van der Waals surface area contributed by atoms with Gasteiger partial charge in [0.05, 0.1) is 23.3 Å². The SMILES string of the molecule is O=C(C1CCN(c2cc(N3CCOCC3)ncn2)CC1)N1CCc2c(Br)c(Cl)c(Cl)c(Br)c2C1. The molecule has 0 atom stereocenters. The zero-order valence-corrected chi connectivity index (χ0v) is 23.3. The highest BCUT2D eigenvalue weighted by atomic mass is 79.9. The van der Waals surface area contributed by atoms with Crippen molar-refractivity contribution in [1.82, 2.24) is 14.9 Å². The van der Waals surface area contributed by atoms with E-state index in [1.807, 2.05) is 4.90 Å². The number of hydrogen-bond donors (Lipinski definition) is 0. The van der Waals surface area contributed by atoms with Gasteiger partial charge in [0, 0.05) is 60.2 Å². The molecule has 0 aliphatic carbocycles. The van der Waals surface area contributed by atoms with E-state index < -0.39 is 0 Å². The predicted molar refractivity (Wildman–Crippen MR) is 141 cm³/mol. The molecule has 4 heterocycles. The van der Waals surface area contributed by atoms with Gasteiger partial charge in [-0.3, -0.25) is 4.79 Å². The highest BCUT2D eigenvalue weighted by molar-refractivity contribution is 9.11. The van der Waals surface area contributed by atoms with Crippen LogP contribution >= 0.6 is 55.1 Å². The zero-order valence-electron chi connectivity index (χ0n) is 18.6. The topological polar surface area (TPSA) is 61.8 Å². The number of ether oxygens (including phenoxy) is 1. The van der Waals surface area contributed by atoms with E-state index >= 15 is 0 Å². The highest BCUT2D eigenvalue weighted by Crippen LogP contribution is 2.44. The summed E-state index contributed by atoms with van der Waals surface area (Å²) in [4.78, 5) is 28.8. The number of aromatic nitrogens is 2. The van der Waals surface area contributed by atoms with Gasteiger partial charge < -0.3 is 19.4 Å². The van der Waals surface area contributed by atoms with Crippen LogP contribution in [0.1, 0.15) is 24.0 Å². The standard InChI is InChI=1S/C23H25Br2Cl2N5O2/c24-19-15-3-6-32(12-16(15)20(25)22(27)21(19)26)23(33)14-1-4-30(5-2-14)17-11-18(29-13-28-17)31-7-9-34-10-8-31/h11,13-14H,1-10,12H2. The number of piperidine rings is 1. The maximum absolute atomic E-state index is 13.4. The van der Waals surface area contributed by atoms with Crippen LogP contribution in [0, 0.1) is 5.92 Å². The molecule has 0 N–H and O–H groups in total. The first-order valence-corrected chi connectivity index (χ1v) is 13.8. The molecule has 5 rings (SSSR count). The molecule has 0 spiro atoms. The fourth-order valence-electron chi connectivity index (χ4n) is 4.94. The number of benzene rings is 1. The van der Waals surface area contributed by atoms with Crippen molar-refractivity contribution in [1.29, 1.82) is 0 Å². The molecule has 1 aromatic heterocycles. The summed E-state index contributed by atoms with van der Waals surface area (Å²) < 4.78 is 7.06. The molecule has 2 fully saturated rings. The van der Waals surface area contributed by atoms with E-state index in [4.69, 9.17) is 27.9 Å². The largest absolute Gasteiger partial charge is 0.378 e. The highest BCUT2D eigenvalue weighted by Gasteiger charge is 2.33. The molecule has 0 radical (unpaired) electrons. The number of rotatable bonds is 3. The first kappa shape index (κ1) is 24.6. The number of amides is 1. The molecule has 0 bridgehead atoms. The quantitative estimate of drug-likeness (QED) is 0.352. The fourth-order valence-corrected chi connectivity index (χ4v) is 6.79. The lowest BCUT2D eigenvalue weighted by molar-refractivity contribution is -0.137. The minimum atomic E-state index is 0.0170. The number of anilines is 2. The van der Waals surface area contributed by atoms with Crippen molar-refractivity contribution in [3.8, 4) is 0 Å². The number of halogens is 4. The molecule has 11 heteroatoms. The summed E-state index contributed by atoms with van der Waals surface area (Å²) in [5.41, 5.74) is 2.16. The maximum Gasteiger partial charge on any atom is 0.226 e. The van der Waals surface area contributed by atoms with E-state index in [0.29, 0.717) is 23.1 Å². The Hall–Kier alpha value is -1.13. The van der Waals surface area contributed by atoms with Gasteiger partial charge in [-0.2, -0.15) is 0 Å². The second-order valence-corrected chi connectivity index (χ2v) is 11.2. The normalized spacial score (nSPS) is 19.4. The summed E-state index contributed by atoms with van der Waals surface area (Å²) in [6.45, 7) is 5.96. The molecule has 1 amide bonds. The van der Waals surface area contributed by atoms with Gasteiger partial charge in [-0.25, -0.2) is 9.97 Å². The molecular weight excluding hydrogens is 609 g/mol. The molecule has 0 unspecified atom stereocenters. The van der Waals surface area contributed by atoms with E-state index in [-0.39, 0.29) is 11.8 Å². The third-order valence-corrected chi connectivity index (χ3v) is 9.97. The Morgan fingerprint density at radius 1 is 0.912 bits per heavy atom. The van der Waals surface area contributed by atoms with Crippen LogP contribution in [0.4, 0.5) is 11.6 Å². The summed E-state index contributed by atoms with van der Waals surface area (Å²) in [5.74, 6) is 2.10. The minimum absolute atomic E-state index is 0.0170. The van der Waals surface area contributed by atoms with Crippen LogP contribution in [-0.2, 0) is 22.5 Å². The number of carbonyl (C=O) groups excluding carboxylic acids is 1. The van der Waals surface area contributed by atoms with Crippen molar-refractivity contribution in [2.75, 3.05) is 55.7 Å². The van der Waals surface area contributed by atoms with Gasteiger partial charge >= 0.3 is 0 Å². The van der Waals surface area contributed by atoms with Gasteiger partial charge in [0.1, 0.15) is 18.0 Å². The van der Waals surface area contributed by atoms with Crippen LogP contribution in [-0.4, -0.2) is 66.7 Å². The Balaban J connectivity index is 1.23. The molecule has 34 heavy (non-hydrogen) atoms. The van der Waals surface area contributed by atoms with Crippen molar-refractivity contribution in [3.63, 3.8) is 0 Å².